The number of hydrogen-bond acceptors (Lipinski definition) is 2. The highest BCUT2D eigenvalue weighted by Gasteiger charge is 2.40. The molecule has 1 saturated carbocycles. The third kappa shape index (κ3) is 2.99. The molecule has 112 valence electrons. The molecule has 2 rings (SSSR count). The summed E-state index contributed by atoms with van der Waals surface area (Å²) in [5.41, 5.74) is -1.26. The zero-order chi connectivity index (χ0) is 14.8. The fraction of sp³-hybridized carbons (Fsp3) is 0.643. The topological polar surface area (TPSA) is 31.2 Å². The lowest BCUT2D eigenvalue weighted by molar-refractivity contribution is -0.145. The minimum atomic E-state index is -4.55. The molecule has 1 aromatic rings. The number of rotatable bonds is 3. The van der Waals surface area contributed by atoms with Gasteiger partial charge in [0.25, 0.3) is 0 Å². The normalized spacial score (nSPS) is 17.2. The summed E-state index contributed by atoms with van der Waals surface area (Å²) < 4.78 is 45.7. The van der Waals surface area contributed by atoms with Crippen LogP contribution in [0.1, 0.15) is 61.1 Å². The van der Waals surface area contributed by atoms with E-state index >= 15 is 0 Å². The average molecular weight is 289 g/mol. The van der Waals surface area contributed by atoms with Gasteiger partial charge in [0.1, 0.15) is 5.69 Å². The first-order chi connectivity index (χ1) is 9.45. The predicted molar refractivity (Wildman–Crippen MR) is 67.5 cm³/mol. The van der Waals surface area contributed by atoms with Gasteiger partial charge >= 0.3 is 12.1 Å². The smallest absolute Gasteiger partial charge is 0.432 e. The van der Waals surface area contributed by atoms with Crippen molar-refractivity contribution in [1.29, 1.82) is 0 Å². The van der Waals surface area contributed by atoms with Gasteiger partial charge in [0.2, 0.25) is 0 Å². The van der Waals surface area contributed by atoms with E-state index < -0.39 is 17.8 Å². The Morgan fingerprint density at radius 3 is 2.55 bits per heavy atom. The van der Waals surface area contributed by atoms with Crippen LogP contribution in [-0.2, 0) is 10.9 Å². The maximum Gasteiger partial charge on any atom is 0.432 e. The first-order valence-electron chi connectivity index (χ1n) is 6.90. The fourth-order valence-electron chi connectivity index (χ4n) is 2.78. The first kappa shape index (κ1) is 14.9. The van der Waals surface area contributed by atoms with Crippen molar-refractivity contribution < 1.29 is 22.7 Å². The SMILES string of the molecule is CCOC(=O)c1ccn(C2CCCCC2)c1C(F)(F)F. The van der Waals surface area contributed by atoms with Crippen molar-refractivity contribution >= 4 is 5.97 Å². The minimum Gasteiger partial charge on any atom is -0.462 e. The lowest BCUT2D eigenvalue weighted by atomic mass is 9.95. The van der Waals surface area contributed by atoms with Gasteiger partial charge in [-0.2, -0.15) is 13.2 Å². The zero-order valence-electron chi connectivity index (χ0n) is 11.4. The summed E-state index contributed by atoms with van der Waals surface area (Å²) >= 11 is 0. The molecule has 1 aromatic heterocycles. The van der Waals surface area contributed by atoms with Crippen molar-refractivity contribution in [3.05, 3.63) is 23.5 Å². The number of esters is 1. The van der Waals surface area contributed by atoms with E-state index in [1.54, 1.807) is 6.92 Å². The number of hydrogen-bond donors (Lipinski definition) is 0. The van der Waals surface area contributed by atoms with Crippen molar-refractivity contribution in [3.63, 3.8) is 0 Å². The highest BCUT2D eigenvalue weighted by Crippen LogP contribution is 2.38. The van der Waals surface area contributed by atoms with E-state index in [0.29, 0.717) is 0 Å². The molecule has 3 nitrogen and oxygen atoms in total. The van der Waals surface area contributed by atoms with Crippen molar-refractivity contribution in [2.45, 2.75) is 51.2 Å². The van der Waals surface area contributed by atoms with Crippen LogP contribution in [0.15, 0.2) is 12.3 Å². The van der Waals surface area contributed by atoms with Gasteiger partial charge in [0, 0.05) is 12.2 Å². The van der Waals surface area contributed by atoms with E-state index in [9.17, 15) is 18.0 Å². The van der Waals surface area contributed by atoms with E-state index in [1.165, 1.54) is 16.8 Å². The highest BCUT2D eigenvalue weighted by atomic mass is 19.4. The van der Waals surface area contributed by atoms with E-state index in [1.807, 2.05) is 0 Å². The summed E-state index contributed by atoms with van der Waals surface area (Å²) in [5.74, 6) is -0.908. The van der Waals surface area contributed by atoms with Gasteiger partial charge in [-0.15, -0.1) is 0 Å². The van der Waals surface area contributed by atoms with Crippen molar-refractivity contribution in [1.82, 2.24) is 4.57 Å². The molecule has 1 fully saturated rings. The third-order valence-electron chi connectivity index (χ3n) is 3.65. The van der Waals surface area contributed by atoms with Gasteiger partial charge in [-0.3, -0.25) is 0 Å². The number of nitrogens with zero attached hydrogens (tertiary/aromatic N) is 1. The number of alkyl halides is 3. The summed E-state index contributed by atoms with van der Waals surface area (Å²) in [5, 5.41) is 0. The van der Waals surface area contributed by atoms with Crippen LogP contribution in [0.25, 0.3) is 0 Å². The van der Waals surface area contributed by atoms with Crippen LogP contribution in [0.2, 0.25) is 0 Å². The molecular formula is C14H18F3NO2. The highest BCUT2D eigenvalue weighted by molar-refractivity contribution is 5.91. The van der Waals surface area contributed by atoms with Crippen LogP contribution in [0, 0.1) is 0 Å². The van der Waals surface area contributed by atoms with E-state index in [4.69, 9.17) is 4.74 Å². The monoisotopic (exact) mass is 289 g/mol. The van der Waals surface area contributed by atoms with Crippen LogP contribution in [0.5, 0.6) is 0 Å². The second-order valence-corrected chi connectivity index (χ2v) is 5.00. The molecular weight excluding hydrogens is 271 g/mol. The minimum absolute atomic E-state index is 0.0603. The summed E-state index contributed by atoms with van der Waals surface area (Å²) in [7, 11) is 0. The van der Waals surface area contributed by atoms with E-state index in [2.05, 4.69) is 0 Å². The summed E-state index contributed by atoms with van der Waals surface area (Å²) in [6.07, 6.45) is 1.17. The number of carbonyl (C=O) groups excluding carboxylic acids is 1. The molecule has 0 atom stereocenters. The number of halogens is 3. The fourth-order valence-corrected chi connectivity index (χ4v) is 2.78. The third-order valence-corrected chi connectivity index (χ3v) is 3.65. The maximum absolute atomic E-state index is 13.3. The second kappa shape index (κ2) is 5.89. The Bertz CT molecular complexity index is 473. The Morgan fingerprint density at radius 1 is 1.35 bits per heavy atom. The van der Waals surface area contributed by atoms with Crippen LogP contribution in [-0.4, -0.2) is 17.1 Å². The van der Waals surface area contributed by atoms with Crippen LogP contribution in [0.3, 0.4) is 0 Å². The lowest BCUT2D eigenvalue weighted by Gasteiger charge is -2.26. The summed E-state index contributed by atoms with van der Waals surface area (Å²) in [6.45, 7) is 1.63. The largest absolute Gasteiger partial charge is 0.462 e. The van der Waals surface area contributed by atoms with Gasteiger partial charge in [0.15, 0.2) is 0 Å². The standard InChI is InChI=1S/C14H18F3NO2/c1-2-20-13(19)11-8-9-18(12(11)14(15,16)17)10-6-4-3-5-7-10/h8-10H,2-7H2,1H3. The Morgan fingerprint density at radius 2 is 2.00 bits per heavy atom. The first-order valence-corrected chi connectivity index (χ1v) is 6.90. The molecule has 0 unspecified atom stereocenters. The molecule has 1 aliphatic carbocycles. The molecule has 0 spiro atoms. The molecule has 1 aliphatic rings. The Labute approximate surface area is 115 Å². The van der Waals surface area contributed by atoms with Gasteiger partial charge in [-0.25, -0.2) is 4.79 Å². The molecule has 20 heavy (non-hydrogen) atoms. The molecule has 0 amide bonds. The molecule has 1 heterocycles. The maximum atomic E-state index is 13.3. The van der Waals surface area contributed by atoms with Gasteiger partial charge in [0.05, 0.1) is 12.2 Å². The van der Waals surface area contributed by atoms with Crippen LogP contribution < -0.4 is 0 Å². The van der Waals surface area contributed by atoms with Crippen molar-refractivity contribution in [3.8, 4) is 0 Å². The zero-order valence-corrected chi connectivity index (χ0v) is 11.4. The summed E-state index contributed by atoms with van der Waals surface area (Å²) in [4.78, 5) is 11.7. The molecule has 0 aromatic carbocycles. The van der Waals surface area contributed by atoms with E-state index in [-0.39, 0.29) is 18.2 Å². The van der Waals surface area contributed by atoms with Gasteiger partial charge in [-0.1, -0.05) is 19.3 Å². The van der Waals surface area contributed by atoms with Crippen LogP contribution in [0.4, 0.5) is 13.2 Å². The quantitative estimate of drug-likeness (QED) is 0.781. The second-order valence-electron chi connectivity index (χ2n) is 5.00. The number of aromatic nitrogens is 1. The molecule has 0 bridgehead atoms. The lowest BCUT2D eigenvalue weighted by Crippen LogP contribution is -2.22. The van der Waals surface area contributed by atoms with Gasteiger partial charge in [-0.05, 0) is 25.8 Å². The van der Waals surface area contributed by atoms with Crippen LogP contribution >= 0.6 is 0 Å². The Kier molecular flexibility index (Phi) is 4.40. The summed E-state index contributed by atoms with van der Waals surface area (Å²) in [6, 6.07) is 1.04. The van der Waals surface area contributed by atoms with Crippen molar-refractivity contribution in [2.24, 2.45) is 0 Å². The number of carbonyl (C=O) groups is 1. The molecule has 0 aliphatic heterocycles. The molecule has 0 radical (unpaired) electrons. The molecule has 6 heteroatoms. The van der Waals surface area contributed by atoms with Crippen molar-refractivity contribution in [2.75, 3.05) is 6.61 Å². The van der Waals surface area contributed by atoms with Gasteiger partial charge < -0.3 is 9.30 Å². The van der Waals surface area contributed by atoms with E-state index in [0.717, 1.165) is 32.1 Å². The molecule has 0 saturated heterocycles. The Hall–Kier alpha value is -1.46. The molecule has 0 N–H and O–H groups in total. The average Bonchev–Trinajstić information content (AvgIpc) is 2.84. The Balaban J connectivity index is 2.39. The predicted octanol–water partition coefficient (Wildman–Crippen LogP) is 4.19. The number of ether oxygens (including phenoxy) is 1.